The number of benzene rings is 1. The zero-order valence-corrected chi connectivity index (χ0v) is 10.6. The van der Waals surface area contributed by atoms with E-state index < -0.39 is 0 Å². The highest BCUT2D eigenvalue weighted by molar-refractivity contribution is 7.22. The molecule has 0 amide bonds. The molecule has 1 aromatic carbocycles. The molecule has 92 valence electrons. The molecule has 0 bridgehead atoms. The fraction of sp³-hybridized carbons (Fsp3) is 0. The van der Waals surface area contributed by atoms with Crippen molar-refractivity contribution in [2.75, 3.05) is 5.73 Å². The number of aromatic nitrogens is 4. The molecule has 19 heavy (non-hydrogen) atoms. The number of rotatable bonds is 1. The molecule has 0 spiro atoms. The molecule has 5 nitrogen and oxygen atoms in total. The number of nitrogens with one attached hydrogen (secondary N) is 1. The summed E-state index contributed by atoms with van der Waals surface area (Å²) in [6.07, 6.45) is 1.42. The van der Waals surface area contributed by atoms with Crippen molar-refractivity contribution >= 4 is 38.4 Å². The van der Waals surface area contributed by atoms with Crippen molar-refractivity contribution in [3.63, 3.8) is 0 Å². The first-order chi connectivity index (χ1) is 9.31. The smallest absolute Gasteiger partial charge is 0.183 e. The fourth-order valence-electron chi connectivity index (χ4n) is 2.06. The fourth-order valence-corrected chi connectivity index (χ4v) is 3.07. The summed E-state index contributed by atoms with van der Waals surface area (Å²) in [5, 5.41) is 1.21. The van der Waals surface area contributed by atoms with E-state index in [1.54, 1.807) is 11.3 Å². The van der Waals surface area contributed by atoms with Crippen LogP contribution in [0.15, 0.2) is 36.7 Å². The van der Waals surface area contributed by atoms with Gasteiger partial charge in [0.25, 0.3) is 0 Å². The summed E-state index contributed by atoms with van der Waals surface area (Å²) >= 11 is 1.69. The van der Waals surface area contributed by atoms with Crippen molar-refractivity contribution in [1.29, 1.82) is 0 Å². The molecule has 0 saturated carbocycles. The molecule has 0 aliphatic carbocycles. The van der Waals surface area contributed by atoms with Crippen molar-refractivity contribution in [1.82, 2.24) is 19.9 Å². The van der Waals surface area contributed by atoms with Crippen LogP contribution in [0.4, 0.5) is 5.82 Å². The van der Waals surface area contributed by atoms with Crippen LogP contribution in [0, 0.1) is 0 Å². The Morgan fingerprint density at radius 2 is 2.05 bits per heavy atom. The van der Waals surface area contributed by atoms with Crippen molar-refractivity contribution in [2.24, 2.45) is 0 Å². The van der Waals surface area contributed by atoms with E-state index in [2.05, 4.69) is 38.1 Å². The van der Waals surface area contributed by atoms with Crippen LogP contribution in [0.3, 0.4) is 0 Å². The van der Waals surface area contributed by atoms with Gasteiger partial charge in [-0.3, -0.25) is 0 Å². The molecule has 3 N–H and O–H groups in total. The average Bonchev–Trinajstić information content (AvgIpc) is 3.02. The van der Waals surface area contributed by atoms with Gasteiger partial charge in [0, 0.05) is 4.70 Å². The average molecular weight is 267 g/mol. The van der Waals surface area contributed by atoms with Gasteiger partial charge in [-0.1, -0.05) is 18.2 Å². The summed E-state index contributed by atoms with van der Waals surface area (Å²) in [7, 11) is 0. The Morgan fingerprint density at radius 3 is 2.89 bits per heavy atom. The maximum atomic E-state index is 5.80. The second kappa shape index (κ2) is 3.76. The largest absolute Gasteiger partial charge is 0.382 e. The second-order valence-electron chi connectivity index (χ2n) is 4.19. The predicted octanol–water partition coefficient (Wildman–Crippen LogP) is 2.82. The number of H-pyrrole nitrogens is 1. The summed E-state index contributed by atoms with van der Waals surface area (Å²) in [5.41, 5.74) is 7.09. The minimum Gasteiger partial charge on any atom is -0.382 e. The zero-order chi connectivity index (χ0) is 12.8. The Hall–Kier alpha value is -2.47. The second-order valence-corrected chi connectivity index (χ2v) is 5.28. The van der Waals surface area contributed by atoms with Gasteiger partial charge in [-0.25, -0.2) is 15.0 Å². The lowest BCUT2D eigenvalue weighted by Crippen LogP contribution is -1.91. The number of fused-ring (bicyclic) bond motifs is 2. The third-order valence-electron chi connectivity index (χ3n) is 2.98. The molecule has 3 heterocycles. The Labute approximate surface area is 112 Å². The lowest BCUT2D eigenvalue weighted by molar-refractivity contribution is 1.21. The number of hydrogen-bond donors (Lipinski definition) is 2. The van der Waals surface area contributed by atoms with Gasteiger partial charge in [0.05, 0.1) is 4.88 Å². The first-order valence-electron chi connectivity index (χ1n) is 5.76. The zero-order valence-electron chi connectivity index (χ0n) is 9.79. The highest BCUT2D eigenvalue weighted by Gasteiger charge is 2.11. The van der Waals surface area contributed by atoms with Gasteiger partial charge in [-0.15, -0.1) is 11.3 Å². The maximum absolute atomic E-state index is 5.80. The third kappa shape index (κ3) is 1.57. The number of anilines is 1. The molecular formula is C13H9N5S. The molecule has 6 heteroatoms. The lowest BCUT2D eigenvalue weighted by atomic mass is 10.2. The number of nitrogens with two attached hydrogens (primary N) is 1. The SMILES string of the molecule is Nc1ncnc2nc(-c3cc4ccccc4s3)[nH]c12. The minimum absolute atomic E-state index is 0.421. The lowest BCUT2D eigenvalue weighted by Gasteiger charge is -1.90. The van der Waals surface area contributed by atoms with E-state index in [1.807, 2.05) is 12.1 Å². The van der Waals surface area contributed by atoms with Crippen LogP contribution in [0.5, 0.6) is 0 Å². The summed E-state index contributed by atoms with van der Waals surface area (Å²) in [4.78, 5) is 16.8. The van der Waals surface area contributed by atoms with Crippen LogP contribution in [0.1, 0.15) is 0 Å². The van der Waals surface area contributed by atoms with E-state index >= 15 is 0 Å². The molecule has 0 radical (unpaired) electrons. The Bertz CT molecular complexity index is 859. The standard InChI is InChI=1S/C13H9N5S/c14-11-10-13(16-6-15-11)18-12(17-10)9-5-7-3-1-2-4-8(7)19-9/h1-6H,(H3,14,15,16,17,18). The Kier molecular flexibility index (Phi) is 2.07. The van der Waals surface area contributed by atoms with Crippen LogP contribution in [-0.4, -0.2) is 19.9 Å². The Morgan fingerprint density at radius 1 is 1.16 bits per heavy atom. The monoisotopic (exact) mass is 267 g/mol. The summed E-state index contributed by atoms with van der Waals surface area (Å²) in [6.45, 7) is 0. The number of nitrogen functional groups attached to an aromatic ring is 1. The maximum Gasteiger partial charge on any atom is 0.183 e. The van der Waals surface area contributed by atoms with Gasteiger partial charge >= 0.3 is 0 Å². The van der Waals surface area contributed by atoms with Gasteiger partial charge in [-0.05, 0) is 17.5 Å². The van der Waals surface area contributed by atoms with Crippen LogP contribution < -0.4 is 5.73 Å². The number of nitrogens with zero attached hydrogens (tertiary/aromatic N) is 3. The van der Waals surface area contributed by atoms with E-state index in [9.17, 15) is 0 Å². The van der Waals surface area contributed by atoms with Crippen LogP contribution in [0.2, 0.25) is 0 Å². The summed E-state index contributed by atoms with van der Waals surface area (Å²) in [6, 6.07) is 10.4. The van der Waals surface area contributed by atoms with Gasteiger partial charge in [0.15, 0.2) is 17.3 Å². The third-order valence-corrected chi connectivity index (χ3v) is 4.10. The topological polar surface area (TPSA) is 80.5 Å². The van der Waals surface area contributed by atoms with Gasteiger partial charge in [0.2, 0.25) is 0 Å². The highest BCUT2D eigenvalue weighted by atomic mass is 32.1. The molecule has 3 aromatic heterocycles. The van der Waals surface area contributed by atoms with Gasteiger partial charge in [0.1, 0.15) is 11.8 Å². The van der Waals surface area contributed by atoms with Crippen molar-refractivity contribution < 1.29 is 0 Å². The molecule has 0 unspecified atom stereocenters. The molecule has 0 saturated heterocycles. The molecular weight excluding hydrogens is 258 g/mol. The first-order valence-corrected chi connectivity index (χ1v) is 6.58. The van der Waals surface area contributed by atoms with Crippen LogP contribution in [-0.2, 0) is 0 Å². The quantitative estimate of drug-likeness (QED) is 0.555. The van der Waals surface area contributed by atoms with Crippen LogP contribution in [0.25, 0.3) is 32.0 Å². The highest BCUT2D eigenvalue weighted by Crippen LogP contribution is 2.32. The van der Waals surface area contributed by atoms with E-state index in [-0.39, 0.29) is 0 Å². The molecule has 0 aliphatic heterocycles. The number of hydrogen-bond acceptors (Lipinski definition) is 5. The normalized spacial score (nSPS) is 11.4. The summed E-state index contributed by atoms with van der Waals surface area (Å²) in [5.74, 6) is 1.20. The first kappa shape index (κ1) is 10.5. The van der Waals surface area contributed by atoms with Crippen molar-refractivity contribution in [3.8, 4) is 10.7 Å². The molecule has 0 atom stereocenters. The Balaban J connectivity index is 1.96. The predicted molar refractivity (Wildman–Crippen MR) is 76.9 cm³/mol. The number of aromatic amines is 1. The van der Waals surface area contributed by atoms with Crippen LogP contribution >= 0.6 is 11.3 Å². The van der Waals surface area contributed by atoms with Gasteiger partial charge in [-0.2, -0.15) is 0 Å². The summed E-state index contributed by atoms with van der Waals surface area (Å²) < 4.78 is 1.23. The van der Waals surface area contributed by atoms with E-state index in [1.165, 1.54) is 16.4 Å². The van der Waals surface area contributed by atoms with E-state index in [4.69, 9.17) is 5.73 Å². The van der Waals surface area contributed by atoms with Crippen molar-refractivity contribution in [3.05, 3.63) is 36.7 Å². The molecule has 0 aliphatic rings. The van der Waals surface area contributed by atoms with Gasteiger partial charge < -0.3 is 10.7 Å². The van der Waals surface area contributed by atoms with Crippen molar-refractivity contribution in [2.45, 2.75) is 0 Å². The molecule has 0 fully saturated rings. The minimum atomic E-state index is 0.421. The molecule has 4 rings (SSSR count). The molecule has 4 aromatic rings. The van der Waals surface area contributed by atoms with E-state index in [0.717, 1.165) is 10.7 Å². The number of imidazole rings is 1. The number of thiophene rings is 1. The van der Waals surface area contributed by atoms with E-state index in [0.29, 0.717) is 17.0 Å².